The summed E-state index contributed by atoms with van der Waals surface area (Å²) in [5.41, 5.74) is 9.91. The lowest BCUT2D eigenvalue weighted by atomic mass is 9.93. The van der Waals surface area contributed by atoms with E-state index in [1.807, 2.05) is 53.1 Å². The number of aromatic nitrogens is 1. The van der Waals surface area contributed by atoms with Gasteiger partial charge in [0.2, 0.25) is 0 Å². The summed E-state index contributed by atoms with van der Waals surface area (Å²) in [4.78, 5) is 23.2. The highest BCUT2D eigenvalue weighted by Gasteiger charge is 2.18. The van der Waals surface area contributed by atoms with Gasteiger partial charge >= 0.3 is 0 Å². The first-order valence-electron chi connectivity index (χ1n) is 14.6. The Labute approximate surface area is 249 Å². The Morgan fingerprint density at radius 3 is 2.54 bits per heavy atom. The van der Waals surface area contributed by atoms with Gasteiger partial charge in [0.1, 0.15) is 0 Å². The molecule has 3 heterocycles. The van der Waals surface area contributed by atoms with Gasteiger partial charge in [-0.2, -0.15) is 0 Å². The number of carbonyl (C=O) groups is 1. The molecule has 1 atom stereocenters. The second-order valence-corrected chi connectivity index (χ2v) is 10.7. The molecule has 0 bridgehead atoms. The van der Waals surface area contributed by atoms with Crippen LogP contribution in [0.5, 0.6) is 0 Å². The van der Waals surface area contributed by atoms with Gasteiger partial charge in [0.25, 0.3) is 5.91 Å². The van der Waals surface area contributed by atoms with Crippen molar-refractivity contribution in [1.29, 1.82) is 0 Å². The highest BCUT2D eigenvalue weighted by Crippen LogP contribution is 2.28. The fourth-order valence-electron chi connectivity index (χ4n) is 5.02. The maximum atomic E-state index is 12.4. The molecule has 6 heteroatoms. The molecule has 0 saturated carbocycles. The summed E-state index contributed by atoms with van der Waals surface area (Å²) in [5, 5.41) is 3.30. The summed E-state index contributed by atoms with van der Waals surface area (Å²) < 4.78 is 0. The van der Waals surface area contributed by atoms with Gasteiger partial charge in [0.15, 0.2) is 0 Å². The first-order chi connectivity index (χ1) is 19.5. The topological polar surface area (TPSA) is 51.7 Å². The summed E-state index contributed by atoms with van der Waals surface area (Å²) in [6.07, 6.45) is 18.0. The van der Waals surface area contributed by atoms with Gasteiger partial charge in [0, 0.05) is 70.0 Å². The van der Waals surface area contributed by atoms with Crippen LogP contribution in [-0.4, -0.2) is 79.6 Å². The smallest absolute Gasteiger partial charge is 0.253 e. The maximum absolute atomic E-state index is 12.4. The molecule has 6 nitrogen and oxygen atoms in total. The Kier molecular flexibility index (Phi) is 13.2. The zero-order valence-electron chi connectivity index (χ0n) is 27.0. The molecule has 1 unspecified atom stereocenters. The second kappa shape index (κ2) is 16.1. The Hall–Kier alpha value is -3.48. The minimum atomic E-state index is 0.00713. The van der Waals surface area contributed by atoms with Crippen molar-refractivity contribution in [3.63, 3.8) is 0 Å². The van der Waals surface area contributed by atoms with E-state index in [-0.39, 0.29) is 12.1 Å². The van der Waals surface area contributed by atoms with Crippen LogP contribution < -0.4 is 5.32 Å². The summed E-state index contributed by atoms with van der Waals surface area (Å²) in [7, 11) is 7.61. The molecule has 1 amide bonds. The van der Waals surface area contributed by atoms with Crippen LogP contribution in [0.25, 0.3) is 11.6 Å². The molecule has 0 spiro atoms. The zero-order valence-corrected chi connectivity index (χ0v) is 27.0. The van der Waals surface area contributed by atoms with E-state index >= 15 is 0 Å². The Morgan fingerprint density at radius 1 is 1.27 bits per heavy atom. The maximum Gasteiger partial charge on any atom is 0.253 e. The van der Waals surface area contributed by atoms with Gasteiger partial charge in [-0.25, -0.2) is 0 Å². The van der Waals surface area contributed by atoms with Crippen molar-refractivity contribution in [1.82, 2.24) is 25.0 Å². The number of hydrogen-bond donors (Lipinski definition) is 1. The van der Waals surface area contributed by atoms with E-state index in [0.717, 1.165) is 42.9 Å². The molecule has 222 valence electrons. The molecular weight excluding hydrogens is 506 g/mol. The molecule has 2 aliphatic rings. The van der Waals surface area contributed by atoms with E-state index in [9.17, 15) is 4.79 Å². The largest absolute Gasteiger partial charge is 0.361 e. The van der Waals surface area contributed by atoms with Crippen LogP contribution in [0.1, 0.15) is 57.9 Å². The Bertz CT molecular complexity index is 1280. The molecule has 1 N–H and O–H groups in total. The SMILES string of the molecule is C=C(C1=CCN(C/C(C)=C/c2c(C3=CN(C)C(NC)C=C3)ccnc2C)CC1)/C(C)=C\C(=C/C)C(=O)N(C)C.CC. The first-order valence-corrected chi connectivity index (χ1v) is 14.6. The van der Waals surface area contributed by atoms with Crippen LogP contribution in [0.3, 0.4) is 0 Å². The third-order valence-electron chi connectivity index (χ3n) is 7.39. The van der Waals surface area contributed by atoms with Crippen LogP contribution in [0.4, 0.5) is 0 Å². The predicted molar refractivity (Wildman–Crippen MR) is 176 cm³/mol. The molecule has 0 saturated heterocycles. The highest BCUT2D eigenvalue weighted by molar-refractivity contribution is 5.96. The molecule has 41 heavy (non-hydrogen) atoms. The van der Waals surface area contributed by atoms with Gasteiger partial charge in [-0.1, -0.05) is 50.3 Å². The van der Waals surface area contributed by atoms with Crippen molar-refractivity contribution in [3.8, 4) is 0 Å². The predicted octanol–water partition coefficient (Wildman–Crippen LogP) is 6.38. The molecular formula is C35H51N5O. The van der Waals surface area contributed by atoms with E-state index in [2.05, 4.69) is 84.1 Å². The van der Waals surface area contributed by atoms with Crippen molar-refractivity contribution < 1.29 is 4.79 Å². The number of hydrogen-bond acceptors (Lipinski definition) is 5. The molecule has 0 aromatic carbocycles. The lowest BCUT2D eigenvalue weighted by Crippen LogP contribution is -2.38. The number of allylic oxidation sites excluding steroid dienone is 5. The van der Waals surface area contributed by atoms with Crippen molar-refractivity contribution in [3.05, 3.63) is 100 Å². The quantitative estimate of drug-likeness (QED) is 0.282. The van der Waals surface area contributed by atoms with Crippen LogP contribution >= 0.6 is 0 Å². The Morgan fingerprint density at radius 2 is 1.98 bits per heavy atom. The highest BCUT2D eigenvalue weighted by atomic mass is 16.2. The van der Waals surface area contributed by atoms with Crippen molar-refractivity contribution in [2.75, 3.05) is 47.8 Å². The third kappa shape index (κ3) is 9.00. The number of carbonyl (C=O) groups excluding carboxylic acids is 1. The molecule has 2 aliphatic heterocycles. The third-order valence-corrected chi connectivity index (χ3v) is 7.39. The second-order valence-electron chi connectivity index (χ2n) is 10.7. The fourth-order valence-corrected chi connectivity index (χ4v) is 5.02. The molecule has 0 radical (unpaired) electrons. The van der Waals surface area contributed by atoms with Crippen molar-refractivity contribution >= 4 is 17.6 Å². The minimum absolute atomic E-state index is 0.00713. The van der Waals surface area contributed by atoms with E-state index in [0.29, 0.717) is 5.57 Å². The van der Waals surface area contributed by atoms with Crippen LogP contribution in [0.15, 0.2) is 83.3 Å². The average molecular weight is 558 g/mol. The number of aryl methyl sites for hydroxylation is 1. The number of pyridine rings is 1. The lowest BCUT2D eigenvalue weighted by molar-refractivity contribution is -0.124. The molecule has 1 aromatic heterocycles. The normalized spacial score (nSPS) is 18.3. The number of nitrogens with one attached hydrogen (secondary N) is 1. The average Bonchev–Trinajstić information content (AvgIpc) is 2.97. The summed E-state index contributed by atoms with van der Waals surface area (Å²) in [6, 6.07) is 2.11. The molecule has 0 fully saturated rings. The van der Waals surface area contributed by atoms with E-state index < -0.39 is 0 Å². The fraction of sp³-hybridized carbons (Fsp3) is 0.429. The lowest BCUT2D eigenvalue weighted by Gasteiger charge is -2.29. The first kappa shape index (κ1) is 33.7. The Balaban J connectivity index is 0.00000287. The standard InChI is InChI=1S/C33H45N5O.C2H6/c1-10-27(33(39)36(7)8)20-24(3)25(4)28-14-17-38(18-15-28)21-23(2)19-31-26(5)35-16-13-30(31)29-11-12-32(34-6)37(9)22-29;1-2/h10-14,16,19-20,22,32,34H,4,15,17-18,21H2,1-3,5-9H3;1-2H3/b23-19+,24-20-,27-10+;. The summed E-state index contributed by atoms with van der Waals surface area (Å²) in [5.74, 6) is 0.00713. The number of rotatable bonds is 9. The van der Waals surface area contributed by atoms with Gasteiger partial charge in [0.05, 0.1) is 6.17 Å². The summed E-state index contributed by atoms with van der Waals surface area (Å²) in [6.45, 7) is 19.3. The number of likely N-dealkylation sites (N-methyl/N-ethyl adjacent to an activating group) is 3. The van der Waals surface area contributed by atoms with Crippen molar-refractivity contribution in [2.24, 2.45) is 0 Å². The van der Waals surface area contributed by atoms with E-state index in [4.69, 9.17) is 0 Å². The zero-order chi connectivity index (χ0) is 30.7. The minimum Gasteiger partial charge on any atom is -0.361 e. The van der Waals surface area contributed by atoms with Gasteiger partial charge in [-0.05, 0) is 87.2 Å². The van der Waals surface area contributed by atoms with E-state index in [1.54, 1.807) is 19.0 Å². The van der Waals surface area contributed by atoms with Crippen LogP contribution in [0.2, 0.25) is 0 Å². The molecule has 1 aromatic rings. The van der Waals surface area contributed by atoms with E-state index in [1.165, 1.54) is 27.8 Å². The van der Waals surface area contributed by atoms with Crippen molar-refractivity contribution in [2.45, 2.75) is 54.1 Å². The van der Waals surface area contributed by atoms with Crippen LogP contribution in [-0.2, 0) is 4.79 Å². The van der Waals surface area contributed by atoms with Crippen LogP contribution in [0, 0.1) is 6.92 Å². The van der Waals surface area contributed by atoms with Gasteiger partial charge < -0.3 is 9.80 Å². The number of amides is 1. The molecule has 0 aliphatic carbocycles. The van der Waals surface area contributed by atoms with Gasteiger partial charge in [-0.3, -0.25) is 20.0 Å². The number of nitrogens with zero attached hydrogens (tertiary/aromatic N) is 4. The monoisotopic (exact) mass is 557 g/mol. The molecule has 3 rings (SSSR count). The van der Waals surface area contributed by atoms with Gasteiger partial charge in [-0.15, -0.1) is 0 Å². The summed E-state index contributed by atoms with van der Waals surface area (Å²) >= 11 is 0.